The van der Waals surface area contributed by atoms with E-state index in [1.54, 1.807) is 6.92 Å². The van der Waals surface area contributed by atoms with E-state index in [4.69, 9.17) is 4.74 Å². The molecule has 0 aromatic carbocycles. The lowest BCUT2D eigenvalue weighted by Gasteiger charge is -2.15. The van der Waals surface area contributed by atoms with Crippen LogP contribution >= 0.6 is 15.9 Å². The molecule has 8 heteroatoms. The fourth-order valence-electron chi connectivity index (χ4n) is 1.59. The summed E-state index contributed by atoms with van der Waals surface area (Å²) in [4.78, 5) is 11.7. The minimum absolute atomic E-state index is 0.174. The van der Waals surface area contributed by atoms with Crippen LogP contribution in [0.3, 0.4) is 0 Å². The Kier molecular flexibility index (Phi) is 5.39. The average Bonchev–Trinajstić information content (AvgIpc) is 2.67. The van der Waals surface area contributed by atoms with Crippen LogP contribution in [0.2, 0.25) is 0 Å². The van der Waals surface area contributed by atoms with E-state index >= 15 is 0 Å². The van der Waals surface area contributed by atoms with Gasteiger partial charge in [0.1, 0.15) is 6.04 Å². The molecule has 1 heterocycles. The highest BCUT2D eigenvalue weighted by atomic mass is 79.9. The van der Waals surface area contributed by atoms with Gasteiger partial charge in [0.2, 0.25) is 0 Å². The molecule has 0 saturated carbocycles. The first-order chi connectivity index (χ1) is 8.81. The van der Waals surface area contributed by atoms with Gasteiger partial charge in [-0.05, 0) is 29.3 Å². The Morgan fingerprint density at radius 2 is 2.16 bits per heavy atom. The molecule has 0 aliphatic heterocycles. The van der Waals surface area contributed by atoms with Crippen molar-refractivity contribution >= 4 is 21.9 Å². The molecule has 0 aliphatic rings. The number of hydrogen-bond acceptors (Lipinski definition) is 3. The predicted octanol–water partition coefficient (Wildman–Crippen LogP) is 3.57. The molecule has 1 aromatic rings. The molecule has 0 fully saturated rings. The topological polar surface area (TPSA) is 44.1 Å². The fourth-order valence-corrected chi connectivity index (χ4v) is 2.11. The van der Waals surface area contributed by atoms with Crippen molar-refractivity contribution in [1.29, 1.82) is 0 Å². The molecule has 1 aromatic heterocycles. The van der Waals surface area contributed by atoms with Gasteiger partial charge in [-0.2, -0.15) is 18.3 Å². The summed E-state index contributed by atoms with van der Waals surface area (Å²) < 4.78 is 43.6. The highest BCUT2D eigenvalue weighted by Gasteiger charge is 2.38. The standard InChI is InChI=1S/C11H14BrF3N2O2/c1-3-5-8(10(18)19-4-2)17-6-7(12)9(16-17)11(13,14)15/h6,8H,3-5H2,1-2H3. The Bertz CT molecular complexity index is 446. The highest BCUT2D eigenvalue weighted by Crippen LogP contribution is 2.34. The van der Waals surface area contributed by atoms with Crippen LogP contribution < -0.4 is 0 Å². The number of aromatic nitrogens is 2. The fraction of sp³-hybridized carbons (Fsp3) is 0.636. The molecule has 4 nitrogen and oxygen atoms in total. The van der Waals surface area contributed by atoms with Gasteiger partial charge in [-0.15, -0.1) is 0 Å². The number of esters is 1. The van der Waals surface area contributed by atoms with Crippen LogP contribution in [-0.2, 0) is 15.7 Å². The number of carbonyl (C=O) groups excluding carboxylic acids is 1. The summed E-state index contributed by atoms with van der Waals surface area (Å²) in [6.07, 6.45) is -2.41. The summed E-state index contributed by atoms with van der Waals surface area (Å²) in [5, 5.41) is 3.45. The maximum absolute atomic E-state index is 12.6. The molecule has 1 rings (SSSR count). The van der Waals surface area contributed by atoms with Crippen molar-refractivity contribution < 1.29 is 22.7 Å². The molecule has 0 amide bonds. The molecule has 19 heavy (non-hydrogen) atoms. The molecule has 0 radical (unpaired) electrons. The first-order valence-electron chi connectivity index (χ1n) is 5.79. The zero-order valence-corrected chi connectivity index (χ0v) is 12.1. The van der Waals surface area contributed by atoms with Gasteiger partial charge in [-0.25, -0.2) is 4.79 Å². The lowest BCUT2D eigenvalue weighted by atomic mass is 10.2. The summed E-state index contributed by atoms with van der Waals surface area (Å²) in [5.74, 6) is -0.576. The van der Waals surface area contributed by atoms with Crippen LogP contribution in [0.15, 0.2) is 10.7 Å². The number of rotatable bonds is 5. The van der Waals surface area contributed by atoms with Gasteiger partial charge < -0.3 is 4.74 Å². The Morgan fingerprint density at radius 1 is 1.53 bits per heavy atom. The SMILES string of the molecule is CCCC(C(=O)OCC)n1cc(Br)c(C(F)(F)F)n1. The highest BCUT2D eigenvalue weighted by molar-refractivity contribution is 9.10. The summed E-state index contributed by atoms with van der Waals surface area (Å²) in [6.45, 7) is 3.64. The molecular formula is C11H14BrF3N2O2. The predicted molar refractivity (Wildman–Crippen MR) is 65.5 cm³/mol. The van der Waals surface area contributed by atoms with Crippen molar-refractivity contribution in [3.63, 3.8) is 0 Å². The van der Waals surface area contributed by atoms with Crippen LogP contribution in [0.25, 0.3) is 0 Å². The number of halogens is 4. The van der Waals surface area contributed by atoms with Crippen molar-refractivity contribution in [1.82, 2.24) is 9.78 Å². The van der Waals surface area contributed by atoms with E-state index < -0.39 is 23.9 Å². The number of carbonyl (C=O) groups is 1. The average molecular weight is 343 g/mol. The minimum atomic E-state index is -4.56. The normalized spacial score (nSPS) is 13.4. The van der Waals surface area contributed by atoms with Crippen LogP contribution in [0, 0.1) is 0 Å². The Morgan fingerprint density at radius 3 is 2.58 bits per heavy atom. The third-order valence-electron chi connectivity index (χ3n) is 2.40. The van der Waals surface area contributed by atoms with E-state index in [0.29, 0.717) is 12.8 Å². The van der Waals surface area contributed by atoms with E-state index in [2.05, 4.69) is 21.0 Å². The molecule has 1 atom stereocenters. The lowest BCUT2D eigenvalue weighted by Crippen LogP contribution is -2.23. The minimum Gasteiger partial charge on any atom is -0.464 e. The summed E-state index contributed by atoms with van der Waals surface area (Å²) >= 11 is 2.80. The molecule has 108 valence electrons. The number of nitrogens with zero attached hydrogens (tertiary/aromatic N) is 2. The zero-order valence-electron chi connectivity index (χ0n) is 10.5. The van der Waals surface area contributed by atoms with E-state index in [1.807, 2.05) is 6.92 Å². The monoisotopic (exact) mass is 342 g/mol. The first kappa shape index (κ1) is 16.0. The maximum Gasteiger partial charge on any atom is 0.436 e. The van der Waals surface area contributed by atoms with Gasteiger partial charge in [0, 0.05) is 6.20 Å². The van der Waals surface area contributed by atoms with Gasteiger partial charge in [0.15, 0.2) is 5.69 Å². The quantitative estimate of drug-likeness (QED) is 0.768. The van der Waals surface area contributed by atoms with Gasteiger partial charge in [-0.1, -0.05) is 13.3 Å². The second-order valence-electron chi connectivity index (χ2n) is 3.86. The summed E-state index contributed by atoms with van der Waals surface area (Å²) in [5.41, 5.74) is -1.04. The van der Waals surface area contributed by atoms with Gasteiger partial charge in [-0.3, -0.25) is 4.68 Å². The van der Waals surface area contributed by atoms with Crippen molar-refractivity contribution in [2.24, 2.45) is 0 Å². The third-order valence-corrected chi connectivity index (χ3v) is 2.98. The van der Waals surface area contributed by atoms with Crippen molar-refractivity contribution in [2.45, 2.75) is 38.9 Å². The second kappa shape index (κ2) is 6.40. The van der Waals surface area contributed by atoms with Crippen LogP contribution in [0.4, 0.5) is 13.2 Å². The molecule has 0 spiro atoms. The molecule has 0 saturated heterocycles. The number of ether oxygens (including phenoxy) is 1. The van der Waals surface area contributed by atoms with Gasteiger partial charge >= 0.3 is 12.1 Å². The van der Waals surface area contributed by atoms with Crippen LogP contribution in [-0.4, -0.2) is 22.4 Å². The van der Waals surface area contributed by atoms with Gasteiger partial charge in [0.05, 0.1) is 11.1 Å². The van der Waals surface area contributed by atoms with E-state index in [1.165, 1.54) is 0 Å². The van der Waals surface area contributed by atoms with Crippen LogP contribution in [0.5, 0.6) is 0 Å². The molecule has 0 bridgehead atoms. The first-order valence-corrected chi connectivity index (χ1v) is 6.59. The molecule has 0 N–H and O–H groups in total. The molecule has 1 unspecified atom stereocenters. The zero-order chi connectivity index (χ0) is 14.6. The number of hydrogen-bond donors (Lipinski definition) is 0. The van der Waals surface area contributed by atoms with Crippen molar-refractivity contribution in [3.8, 4) is 0 Å². The van der Waals surface area contributed by atoms with E-state index in [0.717, 1.165) is 10.9 Å². The van der Waals surface area contributed by atoms with Crippen molar-refractivity contribution in [3.05, 3.63) is 16.4 Å². The van der Waals surface area contributed by atoms with E-state index in [-0.39, 0.29) is 11.1 Å². The van der Waals surface area contributed by atoms with E-state index in [9.17, 15) is 18.0 Å². The third kappa shape index (κ3) is 3.95. The Labute approximate surface area is 117 Å². The maximum atomic E-state index is 12.6. The van der Waals surface area contributed by atoms with Gasteiger partial charge in [0.25, 0.3) is 0 Å². The lowest BCUT2D eigenvalue weighted by molar-refractivity contribution is -0.149. The van der Waals surface area contributed by atoms with Crippen molar-refractivity contribution in [2.75, 3.05) is 6.61 Å². The summed E-state index contributed by atoms with van der Waals surface area (Å²) in [6, 6.07) is -0.836. The molecular weight excluding hydrogens is 329 g/mol. The van der Waals surface area contributed by atoms with Crippen LogP contribution in [0.1, 0.15) is 38.4 Å². The Balaban J connectivity index is 3.07. The summed E-state index contributed by atoms with van der Waals surface area (Å²) in [7, 11) is 0. The second-order valence-corrected chi connectivity index (χ2v) is 4.71. The number of alkyl halides is 3. The smallest absolute Gasteiger partial charge is 0.436 e. The Hall–Kier alpha value is -1.05. The molecule has 0 aliphatic carbocycles. The largest absolute Gasteiger partial charge is 0.464 e.